The summed E-state index contributed by atoms with van der Waals surface area (Å²) >= 11 is 12.1. The van der Waals surface area contributed by atoms with E-state index in [-0.39, 0.29) is 16.0 Å². The highest BCUT2D eigenvalue weighted by atomic mass is 35.5. The van der Waals surface area contributed by atoms with Crippen LogP contribution in [0.2, 0.25) is 10.0 Å². The quantitative estimate of drug-likeness (QED) is 0.827. The van der Waals surface area contributed by atoms with Gasteiger partial charge < -0.3 is 0 Å². The van der Waals surface area contributed by atoms with E-state index in [9.17, 15) is 8.42 Å². The van der Waals surface area contributed by atoms with E-state index in [1.54, 1.807) is 17.3 Å². The number of piperidine rings is 1. The minimum absolute atomic E-state index is 0.0702. The highest BCUT2D eigenvalue weighted by Gasteiger charge is 2.33. The minimum atomic E-state index is -3.55. The van der Waals surface area contributed by atoms with Gasteiger partial charge in [0.1, 0.15) is 4.90 Å². The molecular weight excluding hydrogens is 317 g/mol. The molecule has 0 bridgehead atoms. The van der Waals surface area contributed by atoms with Crippen molar-refractivity contribution in [1.82, 2.24) is 4.31 Å². The normalized spacial score (nSPS) is 21.1. The lowest BCUT2D eigenvalue weighted by Gasteiger charge is -2.34. The summed E-state index contributed by atoms with van der Waals surface area (Å²) in [5.41, 5.74) is 0.722. The number of halogens is 2. The van der Waals surface area contributed by atoms with E-state index in [1.807, 2.05) is 6.92 Å². The third kappa shape index (κ3) is 2.98. The zero-order valence-corrected chi connectivity index (χ0v) is 14.0. The van der Waals surface area contributed by atoms with Gasteiger partial charge in [0.15, 0.2) is 0 Å². The van der Waals surface area contributed by atoms with Crippen LogP contribution in [-0.2, 0) is 10.0 Å². The Hall–Kier alpha value is -0.290. The van der Waals surface area contributed by atoms with Crippen molar-refractivity contribution in [3.63, 3.8) is 0 Å². The Morgan fingerprint density at radius 3 is 2.60 bits per heavy atom. The van der Waals surface area contributed by atoms with Crippen molar-refractivity contribution in [3.05, 3.63) is 27.7 Å². The van der Waals surface area contributed by atoms with Crippen LogP contribution in [0.25, 0.3) is 0 Å². The topological polar surface area (TPSA) is 37.4 Å². The van der Waals surface area contributed by atoms with Gasteiger partial charge in [-0.25, -0.2) is 8.42 Å². The van der Waals surface area contributed by atoms with E-state index in [0.29, 0.717) is 11.6 Å². The molecule has 0 radical (unpaired) electrons. The van der Waals surface area contributed by atoms with Crippen LogP contribution in [0.1, 0.15) is 38.2 Å². The SMILES string of the molecule is CCC1CCCCN1S(=O)(=O)c1cc(C)c(Cl)cc1Cl. The Balaban J connectivity index is 2.46. The van der Waals surface area contributed by atoms with Crippen molar-refractivity contribution >= 4 is 33.2 Å². The molecule has 0 N–H and O–H groups in total. The minimum Gasteiger partial charge on any atom is -0.207 e. The second-order valence-corrected chi connectivity index (χ2v) is 7.88. The Bertz CT molecular complexity index is 601. The summed E-state index contributed by atoms with van der Waals surface area (Å²) in [4.78, 5) is 0.168. The van der Waals surface area contributed by atoms with Gasteiger partial charge in [-0.2, -0.15) is 4.31 Å². The van der Waals surface area contributed by atoms with Gasteiger partial charge in [-0.05, 0) is 43.9 Å². The number of hydrogen-bond donors (Lipinski definition) is 0. The van der Waals surface area contributed by atoms with Gasteiger partial charge in [0.2, 0.25) is 10.0 Å². The lowest BCUT2D eigenvalue weighted by atomic mass is 10.0. The van der Waals surface area contributed by atoms with Crippen molar-refractivity contribution in [2.45, 2.75) is 50.5 Å². The molecule has 1 aliphatic heterocycles. The fourth-order valence-electron chi connectivity index (χ4n) is 2.65. The van der Waals surface area contributed by atoms with Crippen molar-refractivity contribution in [1.29, 1.82) is 0 Å². The fourth-order valence-corrected chi connectivity index (χ4v) is 5.23. The molecule has 1 saturated heterocycles. The average molecular weight is 336 g/mol. The second kappa shape index (κ2) is 6.22. The molecule has 0 saturated carbocycles. The number of sulfonamides is 1. The first-order valence-corrected chi connectivity index (χ1v) is 9.05. The standard InChI is InChI=1S/C14H19Cl2NO2S/c1-3-11-6-4-5-7-17(11)20(18,19)14-8-10(2)12(15)9-13(14)16/h8-9,11H,3-7H2,1-2H3. The van der Waals surface area contributed by atoms with Crippen LogP contribution in [-0.4, -0.2) is 25.3 Å². The summed E-state index contributed by atoms with van der Waals surface area (Å²) < 4.78 is 27.3. The van der Waals surface area contributed by atoms with E-state index in [4.69, 9.17) is 23.2 Å². The summed E-state index contributed by atoms with van der Waals surface area (Å²) in [6.07, 6.45) is 3.72. The molecule has 1 aromatic rings. The van der Waals surface area contributed by atoms with Crippen LogP contribution in [0.3, 0.4) is 0 Å². The third-order valence-corrected chi connectivity index (χ3v) is 6.67. The molecule has 2 rings (SSSR count). The van der Waals surface area contributed by atoms with Crippen LogP contribution in [0.15, 0.2) is 17.0 Å². The van der Waals surface area contributed by atoms with Crippen LogP contribution >= 0.6 is 23.2 Å². The van der Waals surface area contributed by atoms with Crippen LogP contribution in [0.4, 0.5) is 0 Å². The van der Waals surface area contributed by atoms with E-state index in [0.717, 1.165) is 31.2 Å². The number of benzene rings is 1. The van der Waals surface area contributed by atoms with Crippen molar-refractivity contribution in [3.8, 4) is 0 Å². The maximum absolute atomic E-state index is 12.8. The molecule has 1 aliphatic rings. The molecule has 1 aromatic carbocycles. The van der Waals surface area contributed by atoms with E-state index in [1.165, 1.54) is 6.07 Å². The largest absolute Gasteiger partial charge is 0.244 e. The van der Waals surface area contributed by atoms with Crippen LogP contribution in [0, 0.1) is 6.92 Å². The van der Waals surface area contributed by atoms with Gasteiger partial charge in [-0.15, -0.1) is 0 Å². The summed E-state index contributed by atoms with van der Waals surface area (Å²) in [5.74, 6) is 0. The number of aryl methyl sites for hydroxylation is 1. The smallest absolute Gasteiger partial charge is 0.207 e. The summed E-state index contributed by atoms with van der Waals surface area (Å²) in [6, 6.07) is 3.15. The van der Waals surface area contributed by atoms with Crippen molar-refractivity contribution in [2.75, 3.05) is 6.54 Å². The number of hydrogen-bond acceptors (Lipinski definition) is 2. The molecule has 112 valence electrons. The Morgan fingerprint density at radius 1 is 1.25 bits per heavy atom. The Labute approximate surface area is 130 Å². The van der Waals surface area contributed by atoms with Gasteiger partial charge >= 0.3 is 0 Å². The van der Waals surface area contributed by atoms with Gasteiger partial charge in [-0.1, -0.05) is 36.5 Å². The predicted molar refractivity (Wildman–Crippen MR) is 83.0 cm³/mol. The summed E-state index contributed by atoms with van der Waals surface area (Å²) in [6.45, 7) is 4.37. The number of rotatable bonds is 3. The first-order chi connectivity index (χ1) is 9.37. The molecule has 1 heterocycles. The maximum Gasteiger partial charge on any atom is 0.244 e. The predicted octanol–water partition coefficient (Wildman–Crippen LogP) is 4.26. The van der Waals surface area contributed by atoms with Crippen molar-refractivity contribution in [2.24, 2.45) is 0 Å². The average Bonchev–Trinajstić information content (AvgIpc) is 2.42. The molecule has 0 aromatic heterocycles. The zero-order valence-electron chi connectivity index (χ0n) is 11.7. The van der Waals surface area contributed by atoms with Gasteiger partial charge in [0, 0.05) is 17.6 Å². The lowest BCUT2D eigenvalue weighted by Crippen LogP contribution is -2.43. The molecule has 1 fully saturated rings. The van der Waals surface area contributed by atoms with Crippen molar-refractivity contribution < 1.29 is 8.42 Å². The highest BCUT2D eigenvalue weighted by Crippen LogP contribution is 2.33. The first-order valence-electron chi connectivity index (χ1n) is 6.85. The molecule has 20 heavy (non-hydrogen) atoms. The third-order valence-electron chi connectivity index (χ3n) is 3.84. The summed E-state index contributed by atoms with van der Waals surface area (Å²) in [5, 5.41) is 0.681. The molecule has 0 amide bonds. The molecule has 0 spiro atoms. The molecule has 6 heteroatoms. The summed E-state index contributed by atoms with van der Waals surface area (Å²) in [7, 11) is -3.55. The molecule has 0 aliphatic carbocycles. The highest BCUT2D eigenvalue weighted by molar-refractivity contribution is 7.89. The van der Waals surface area contributed by atoms with Crippen LogP contribution in [0.5, 0.6) is 0 Å². The zero-order chi connectivity index (χ0) is 14.9. The monoisotopic (exact) mass is 335 g/mol. The lowest BCUT2D eigenvalue weighted by molar-refractivity contribution is 0.246. The fraction of sp³-hybridized carbons (Fsp3) is 0.571. The molecule has 1 atom stereocenters. The van der Waals surface area contributed by atoms with Gasteiger partial charge in [0.25, 0.3) is 0 Å². The van der Waals surface area contributed by atoms with E-state index in [2.05, 4.69) is 0 Å². The van der Waals surface area contributed by atoms with Gasteiger partial charge in [0.05, 0.1) is 5.02 Å². The van der Waals surface area contributed by atoms with Gasteiger partial charge in [-0.3, -0.25) is 0 Å². The Morgan fingerprint density at radius 2 is 1.95 bits per heavy atom. The maximum atomic E-state index is 12.8. The molecule has 3 nitrogen and oxygen atoms in total. The first kappa shape index (κ1) is 16.1. The van der Waals surface area contributed by atoms with E-state index < -0.39 is 10.0 Å². The molecular formula is C14H19Cl2NO2S. The number of nitrogens with zero attached hydrogens (tertiary/aromatic N) is 1. The Kier molecular flexibility index (Phi) is 5.00. The second-order valence-electron chi connectivity index (χ2n) is 5.21. The van der Waals surface area contributed by atoms with E-state index >= 15 is 0 Å². The van der Waals surface area contributed by atoms with Crippen LogP contribution < -0.4 is 0 Å². The molecule has 1 unspecified atom stereocenters.